The summed E-state index contributed by atoms with van der Waals surface area (Å²) in [6, 6.07) is 0. The average Bonchev–Trinajstić information content (AvgIpc) is 2.60. The standard InChI is InChI=1S/C9H11N3O2/c1-6(13)7-5-12-8(11-7)3-10-4-9(12)14-2/h3-6,13H,1-2H3. The van der Waals surface area contributed by atoms with Gasteiger partial charge < -0.3 is 9.84 Å². The minimum Gasteiger partial charge on any atom is -0.481 e. The molecule has 0 saturated heterocycles. The lowest BCUT2D eigenvalue weighted by Crippen LogP contribution is -1.93. The van der Waals surface area contributed by atoms with Crippen molar-refractivity contribution in [2.45, 2.75) is 13.0 Å². The second-order valence-electron chi connectivity index (χ2n) is 3.02. The average molecular weight is 193 g/mol. The molecule has 0 aromatic carbocycles. The van der Waals surface area contributed by atoms with E-state index in [9.17, 15) is 5.11 Å². The molecule has 0 radical (unpaired) electrons. The molecule has 0 aliphatic carbocycles. The molecule has 0 aliphatic heterocycles. The molecule has 1 N–H and O–H groups in total. The maximum absolute atomic E-state index is 9.35. The van der Waals surface area contributed by atoms with E-state index in [1.807, 2.05) is 0 Å². The summed E-state index contributed by atoms with van der Waals surface area (Å²) >= 11 is 0. The molecule has 0 amide bonds. The summed E-state index contributed by atoms with van der Waals surface area (Å²) in [7, 11) is 1.57. The number of hydrogen-bond donors (Lipinski definition) is 1. The van der Waals surface area contributed by atoms with Crippen molar-refractivity contribution in [2.75, 3.05) is 7.11 Å². The van der Waals surface area contributed by atoms with Gasteiger partial charge in [-0.25, -0.2) is 4.98 Å². The molecule has 14 heavy (non-hydrogen) atoms. The minimum atomic E-state index is -0.584. The third kappa shape index (κ3) is 1.31. The first-order valence-electron chi connectivity index (χ1n) is 4.27. The number of fused-ring (bicyclic) bond motifs is 1. The molecule has 74 valence electrons. The Hall–Kier alpha value is -1.62. The number of nitrogens with zero attached hydrogens (tertiary/aromatic N) is 3. The highest BCUT2D eigenvalue weighted by atomic mass is 16.5. The molecule has 0 saturated carbocycles. The Bertz CT molecular complexity index is 450. The Kier molecular flexibility index (Phi) is 2.09. The van der Waals surface area contributed by atoms with Gasteiger partial charge in [0.25, 0.3) is 0 Å². The molecule has 0 aliphatic rings. The predicted molar refractivity (Wildman–Crippen MR) is 50.2 cm³/mol. The SMILES string of the molecule is COc1cncc2nc(C(C)O)cn12. The van der Waals surface area contributed by atoms with Crippen LogP contribution in [0.4, 0.5) is 0 Å². The monoisotopic (exact) mass is 193 g/mol. The summed E-state index contributed by atoms with van der Waals surface area (Å²) < 4.78 is 6.84. The van der Waals surface area contributed by atoms with Gasteiger partial charge >= 0.3 is 0 Å². The number of ether oxygens (including phenoxy) is 1. The van der Waals surface area contributed by atoms with Gasteiger partial charge in [-0.1, -0.05) is 0 Å². The Morgan fingerprint density at radius 3 is 2.93 bits per heavy atom. The Balaban J connectivity index is 2.64. The van der Waals surface area contributed by atoms with Gasteiger partial charge in [0.1, 0.15) is 0 Å². The smallest absolute Gasteiger partial charge is 0.218 e. The van der Waals surface area contributed by atoms with Crippen LogP contribution >= 0.6 is 0 Å². The van der Waals surface area contributed by atoms with Gasteiger partial charge in [0, 0.05) is 6.20 Å². The maximum atomic E-state index is 9.35. The number of aliphatic hydroxyl groups is 1. The highest BCUT2D eigenvalue weighted by Crippen LogP contribution is 2.16. The summed E-state index contributed by atoms with van der Waals surface area (Å²) in [4.78, 5) is 8.16. The Morgan fingerprint density at radius 1 is 1.50 bits per heavy atom. The lowest BCUT2D eigenvalue weighted by molar-refractivity contribution is 0.195. The first-order valence-corrected chi connectivity index (χ1v) is 4.27. The van der Waals surface area contributed by atoms with Crippen LogP contribution in [0.1, 0.15) is 18.7 Å². The third-order valence-corrected chi connectivity index (χ3v) is 2.00. The number of hydrogen-bond acceptors (Lipinski definition) is 4. The Morgan fingerprint density at radius 2 is 2.29 bits per heavy atom. The number of methoxy groups -OCH3 is 1. The number of aliphatic hydroxyl groups excluding tert-OH is 1. The zero-order chi connectivity index (χ0) is 10.1. The fourth-order valence-electron chi connectivity index (χ4n) is 1.26. The first kappa shape index (κ1) is 8.96. The fraction of sp³-hybridized carbons (Fsp3) is 0.333. The molecular weight excluding hydrogens is 182 g/mol. The molecule has 1 unspecified atom stereocenters. The molecule has 1 atom stereocenters. The summed E-state index contributed by atoms with van der Waals surface area (Å²) in [6.45, 7) is 1.67. The van der Waals surface area contributed by atoms with Crippen LogP contribution in [0.25, 0.3) is 5.65 Å². The van der Waals surface area contributed by atoms with Crippen molar-refractivity contribution >= 4 is 5.65 Å². The largest absolute Gasteiger partial charge is 0.481 e. The van der Waals surface area contributed by atoms with E-state index in [4.69, 9.17) is 4.74 Å². The second kappa shape index (κ2) is 3.26. The maximum Gasteiger partial charge on any atom is 0.218 e. The minimum absolute atomic E-state index is 0.584. The molecule has 0 bridgehead atoms. The molecule has 5 heteroatoms. The van der Waals surface area contributed by atoms with E-state index in [1.54, 1.807) is 37.0 Å². The van der Waals surface area contributed by atoms with Gasteiger partial charge in [-0.05, 0) is 6.92 Å². The van der Waals surface area contributed by atoms with Crippen LogP contribution in [-0.4, -0.2) is 26.6 Å². The molecule has 0 spiro atoms. The lowest BCUT2D eigenvalue weighted by atomic mass is 10.3. The van der Waals surface area contributed by atoms with Crippen molar-refractivity contribution in [3.8, 4) is 5.88 Å². The Labute approximate surface area is 81.0 Å². The quantitative estimate of drug-likeness (QED) is 0.766. The van der Waals surface area contributed by atoms with E-state index in [1.165, 1.54) is 0 Å². The summed E-state index contributed by atoms with van der Waals surface area (Å²) in [5.41, 5.74) is 1.27. The summed E-state index contributed by atoms with van der Waals surface area (Å²) in [5.74, 6) is 0.599. The van der Waals surface area contributed by atoms with Crippen LogP contribution in [0.3, 0.4) is 0 Å². The topological polar surface area (TPSA) is 59.7 Å². The van der Waals surface area contributed by atoms with Crippen molar-refractivity contribution in [1.29, 1.82) is 0 Å². The molecular formula is C9H11N3O2. The number of aromatic nitrogens is 3. The van der Waals surface area contributed by atoms with Crippen LogP contribution in [0.15, 0.2) is 18.6 Å². The molecule has 5 nitrogen and oxygen atoms in total. The summed E-state index contributed by atoms with van der Waals surface area (Å²) in [5, 5.41) is 9.35. The normalized spacial score (nSPS) is 13.1. The fourth-order valence-corrected chi connectivity index (χ4v) is 1.26. The molecule has 2 aromatic heterocycles. The van der Waals surface area contributed by atoms with Crippen molar-refractivity contribution in [3.05, 3.63) is 24.3 Å². The predicted octanol–water partition coefficient (Wildman–Crippen LogP) is 0.791. The van der Waals surface area contributed by atoms with E-state index in [0.717, 1.165) is 0 Å². The number of imidazole rings is 1. The van der Waals surface area contributed by atoms with Crippen molar-refractivity contribution in [2.24, 2.45) is 0 Å². The van der Waals surface area contributed by atoms with E-state index < -0.39 is 6.10 Å². The van der Waals surface area contributed by atoms with Crippen LogP contribution in [0, 0.1) is 0 Å². The van der Waals surface area contributed by atoms with Crippen molar-refractivity contribution in [1.82, 2.24) is 14.4 Å². The molecule has 0 fully saturated rings. The highest BCUT2D eigenvalue weighted by Gasteiger charge is 2.09. The second-order valence-corrected chi connectivity index (χ2v) is 3.02. The van der Waals surface area contributed by atoms with E-state index >= 15 is 0 Å². The van der Waals surface area contributed by atoms with Crippen LogP contribution < -0.4 is 4.74 Å². The van der Waals surface area contributed by atoms with Crippen molar-refractivity contribution < 1.29 is 9.84 Å². The van der Waals surface area contributed by atoms with Gasteiger partial charge in [-0.2, -0.15) is 0 Å². The van der Waals surface area contributed by atoms with Crippen LogP contribution in [-0.2, 0) is 0 Å². The number of rotatable bonds is 2. The van der Waals surface area contributed by atoms with Crippen LogP contribution in [0.2, 0.25) is 0 Å². The van der Waals surface area contributed by atoms with E-state index in [0.29, 0.717) is 17.2 Å². The zero-order valence-corrected chi connectivity index (χ0v) is 8.01. The molecule has 2 aromatic rings. The first-order chi connectivity index (χ1) is 6.72. The van der Waals surface area contributed by atoms with Gasteiger partial charge in [0.2, 0.25) is 5.88 Å². The summed E-state index contributed by atoms with van der Waals surface area (Å²) in [6.07, 6.45) is 4.37. The third-order valence-electron chi connectivity index (χ3n) is 2.00. The van der Waals surface area contributed by atoms with Gasteiger partial charge in [-0.3, -0.25) is 9.38 Å². The van der Waals surface area contributed by atoms with Crippen LogP contribution in [0.5, 0.6) is 5.88 Å². The van der Waals surface area contributed by atoms with Gasteiger partial charge in [0.15, 0.2) is 5.65 Å². The van der Waals surface area contributed by atoms with E-state index in [2.05, 4.69) is 9.97 Å². The lowest BCUT2D eigenvalue weighted by Gasteiger charge is -2.00. The van der Waals surface area contributed by atoms with Crippen molar-refractivity contribution in [3.63, 3.8) is 0 Å². The zero-order valence-electron chi connectivity index (χ0n) is 8.01. The molecule has 2 rings (SSSR count). The highest BCUT2D eigenvalue weighted by molar-refractivity contribution is 5.40. The van der Waals surface area contributed by atoms with Gasteiger partial charge in [0.05, 0.1) is 31.3 Å². The molecule has 2 heterocycles. The van der Waals surface area contributed by atoms with E-state index in [-0.39, 0.29) is 0 Å². The van der Waals surface area contributed by atoms with Gasteiger partial charge in [-0.15, -0.1) is 0 Å².